The lowest BCUT2D eigenvalue weighted by Crippen LogP contribution is -2.46. The number of carbonyl (C=O) groups excluding carboxylic acids is 1. The summed E-state index contributed by atoms with van der Waals surface area (Å²) >= 11 is 0. The van der Waals surface area contributed by atoms with Crippen molar-refractivity contribution in [3.8, 4) is 0 Å². The second kappa shape index (κ2) is 16.5. The van der Waals surface area contributed by atoms with Crippen LogP contribution in [0.1, 0.15) is 79.1 Å². The molecule has 0 N–H and O–H groups in total. The zero-order valence-corrected chi connectivity index (χ0v) is 18.4. The number of hydrogen-bond donors (Lipinski definition) is 0. The first kappa shape index (κ1) is 25.3. The van der Waals surface area contributed by atoms with Gasteiger partial charge in [-0.2, -0.15) is 0 Å². The molecule has 0 amide bonds. The highest BCUT2D eigenvalue weighted by Gasteiger charge is 2.40. The van der Waals surface area contributed by atoms with Gasteiger partial charge in [-0.15, -0.1) is 0 Å². The van der Waals surface area contributed by atoms with Crippen molar-refractivity contribution in [1.29, 1.82) is 0 Å². The van der Waals surface area contributed by atoms with Gasteiger partial charge < -0.3 is 18.0 Å². The molecule has 0 aromatic carbocycles. The highest BCUT2D eigenvalue weighted by molar-refractivity contribution is 6.60. The maximum absolute atomic E-state index is 11.3. The van der Waals surface area contributed by atoms with E-state index in [1.165, 1.54) is 0 Å². The predicted molar refractivity (Wildman–Crippen MR) is 108 cm³/mol. The Bertz CT molecular complexity index is 351. The van der Waals surface area contributed by atoms with Crippen LogP contribution in [0.2, 0.25) is 6.04 Å². The first-order valence-corrected chi connectivity index (χ1v) is 12.2. The molecular weight excluding hydrogens is 348 g/mol. The van der Waals surface area contributed by atoms with Crippen LogP contribution in [0.5, 0.6) is 0 Å². The quantitative estimate of drug-likeness (QED) is 0.138. The molecule has 0 rings (SSSR count). The molecule has 0 aromatic rings. The van der Waals surface area contributed by atoms with Gasteiger partial charge in [0.1, 0.15) is 0 Å². The Kier molecular flexibility index (Phi) is 16.0. The van der Waals surface area contributed by atoms with E-state index in [2.05, 4.69) is 27.4 Å². The molecular formula is C20H40O5Si. The third-order valence-electron chi connectivity index (χ3n) is 3.79. The zero-order valence-electron chi connectivity index (χ0n) is 17.4. The number of hydrogen-bond acceptors (Lipinski definition) is 5. The van der Waals surface area contributed by atoms with Crippen LogP contribution in [-0.4, -0.2) is 41.2 Å². The summed E-state index contributed by atoms with van der Waals surface area (Å²) < 4.78 is 23.4. The molecule has 0 spiro atoms. The minimum atomic E-state index is -2.54. The molecule has 0 atom stereocenters. The van der Waals surface area contributed by atoms with Crippen molar-refractivity contribution in [2.45, 2.75) is 85.1 Å². The summed E-state index contributed by atoms with van der Waals surface area (Å²) in [6, 6.07) is 0.887. The first-order valence-electron chi connectivity index (χ1n) is 10.3. The molecule has 0 fully saturated rings. The summed E-state index contributed by atoms with van der Waals surface area (Å²) in [4.78, 5) is 11.3. The second-order valence-electron chi connectivity index (χ2n) is 6.66. The van der Waals surface area contributed by atoms with E-state index in [0.717, 1.165) is 57.4 Å². The van der Waals surface area contributed by atoms with E-state index in [1.807, 2.05) is 0 Å². The lowest BCUT2D eigenvalue weighted by Gasteiger charge is -2.29. The van der Waals surface area contributed by atoms with Crippen molar-refractivity contribution < 1.29 is 22.8 Å². The van der Waals surface area contributed by atoms with Crippen LogP contribution >= 0.6 is 0 Å². The molecule has 26 heavy (non-hydrogen) atoms. The van der Waals surface area contributed by atoms with Gasteiger partial charge in [0.25, 0.3) is 0 Å². The fourth-order valence-corrected chi connectivity index (χ4v) is 5.29. The summed E-state index contributed by atoms with van der Waals surface area (Å²) in [5, 5.41) is 0. The van der Waals surface area contributed by atoms with E-state index < -0.39 is 8.80 Å². The monoisotopic (exact) mass is 388 g/mol. The summed E-state index contributed by atoms with van der Waals surface area (Å²) in [7, 11) is -2.54. The van der Waals surface area contributed by atoms with Crippen molar-refractivity contribution in [3.05, 3.63) is 12.2 Å². The molecule has 0 aromatic heterocycles. The van der Waals surface area contributed by atoms with Gasteiger partial charge in [0.15, 0.2) is 0 Å². The SMILES string of the molecule is C=C(C)C(=O)OCCCCCCC[Si](OCCC)(OCCC)OCCC. The van der Waals surface area contributed by atoms with Gasteiger partial charge in [0.2, 0.25) is 0 Å². The second-order valence-corrected chi connectivity index (χ2v) is 9.39. The molecule has 0 heterocycles. The summed E-state index contributed by atoms with van der Waals surface area (Å²) in [5.41, 5.74) is 0.456. The number of rotatable bonds is 18. The molecule has 0 bridgehead atoms. The first-order chi connectivity index (χ1) is 12.5. The molecule has 0 aliphatic heterocycles. The smallest absolute Gasteiger partial charge is 0.462 e. The van der Waals surface area contributed by atoms with Crippen LogP contribution in [0, 0.1) is 0 Å². The fourth-order valence-electron chi connectivity index (χ4n) is 2.38. The minimum Gasteiger partial charge on any atom is -0.462 e. The van der Waals surface area contributed by atoms with Crippen LogP contribution in [0.25, 0.3) is 0 Å². The van der Waals surface area contributed by atoms with E-state index in [-0.39, 0.29) is 5.97 Å². The highest BCUT2D eigenvalue weighted by Crippen LogP contribution is 2.21. The van der Waals surface area contributed by atoms with Crippen molar-refractivity contribution in [3.63, 3.8) is 0 Å². The summed E-state index contributed by atoms with van der Waals surface area (Å²) in [6.07, 6.45) is 8.16. The van der Waals surface area contributed by atoms with Gasteiger partial charge in [-0.1, -0.05) is 46.6 Å². The maximum atomic E-state index is 11.3. The molecule has 0 aliphatic rings. The Morgan fingerprint density at radius 1 is 0.769 bits per heavy atom. The van der Waals surface area contributed by atoms with E-state index >= 15 is 0 Å². The summed E-state index contributed by atoms with van der Waals surface area (Å²) in [6.45, 7) is 14.2. The van der Waals surface area contributed by atoms with Gasteiger partial charge in [0.05, 0.1) is 6.61 Å². The Morgan fingerprint density at radius 2 is 1.23 bits per heavy atom. The topological polar surface area (TPSA) is 54.0 Å². The number of ether oxygens (including phenoxy) is 1. The van der Waals surface area contributed by atoms with Gasteiger partial charge in [0, 0.05) is 31.4 Å². The highest BCUT2D eigenvalue weighted by atomic mass is 28.4. The molecule has 5 nitrogen and oxygen atoms in total. The average molecular weight is 389 g/mol. The number of unbranched alkanes of at least 4 members (excludes halogenated alkanes) is 4. The van der Waals surface area contributed by atoms with Crippen molar-refractivity contribution >= 4 is 14.8 Å². The molecule has 154 valence electrons. The van der Waals surface area contributed by atoms with Crippen molar-refractivity contribution in [1.82, 2.24) is 0 Å². The predicted octanol–water partition coefficient (Wildman–Crippen LogP) is 5.27. The molecule has 0 unspecified atom stereocenters. The Morgan fingerprint density at radius 3 is 1.69 bits per heavy atom. The van der Waals surface area contributed by atoms with Crippen LogP contribution in [0.15, 0.2) is 12.2 Å². The molecule has 6 heteroatoms. The van der Waals surface area contributed by atoms with Crippen molar-refractivity contribution in [2.75, 3.05) is 26.4 Å². The third kappa shape index (κ3) is 12.6. The lowest BCUT2D eigenvalue weighted by molar-refractivity contribution is -0.139. The minimum absolute atomic E-state index is 0.296. The number of esters is 1. The maximum Gasteiger partial charge on any atom is 0.500 e. The molecule has 0 saturated heterocycles. The Labute approximate surface area is 161 Å². The van der Waals surface area contributed by atoms with Crippen molar-refractivity contribution in [2.24, 2.45) is 0 Å². The Hall–Kier alpha value is -0.693. The van der Waals surface area contributed by atoms with Crippen LogP contribution in [-0.2, 0) is 22.8 Å². The van der Waals surface area contributed by atoms with Crippen LogP contribution in [0.4, 0.5) is 0 Å². The standard InChI is InChI=1S/C20H40O5Si/c1-6-14-23-26(24-15-7-2,25-16-8-3)18-13-11-9-10-12-17-22-20(21)19(4)5/h4,6-18H2,1-3,5H3. The van der Waals surface area contributed by atoms with E-state index in [4.69, 9.17) is 18.0 Å². The van der Waals surface area contributed by atoms with Gasteiger partial charge >= 0.3 is 14.8 Å². The molecule has 0 radical (unpaired) electrons. The van der Waals surface area contributed by atoms with E-state index in [0.29, 0.717) is 32.0 Å². The zero-order chi connectivity index (χ0) is 19.7. The van der Waals surface area contributed by atoms with Gasteiger partial charge in [-0.3, -0.25) is 0 Å². The summed E-state index contributed by atoms with van der Waals surface area (Å²) in [5.74, 6) is -0.296. The fraction of sp³-hybridized carbons (Fsp3) is 0.850. The van der Waals surface area contributed by atoms with E-state index in [9.17, 15) is 4.79 Å². The van der Waals surface area contributed by atoms with Gasteiger partial charge in [-0.25, -0.2) is 4.79 Å². The molecule has 0 saturated carbocycles. The van der Waals surface area contributed by atoms with Crippen LogP contribution < -0.4 is 0 Å². The normalized spacial score (nSPS) is 11.5. The largest absolute Gasteiger partial charge is 0.500 e. The Balaban J connectivity index is 4.12. The molecule has 0 aliphatic carbocycles. The third-order valence-corrected chi connectivity index (χ3v) is 6.68. The van der Waals surface area contributed by atoms with Crippen LogP contribution in [0.3, 0.4) is 0 Å². The van der Waals surface area contributed by atoms with Gasteiger partial charge in [-0.05, 0) is 39.0 Å². The number of carbonyl (C=O) groups is 1. The van der Waals surface area contributed by atoms with E-state index in [1.54, 1.807) is 6.92 Å². The lowest BCUT2D eigenvalue weighted by atomic mass is 10.2. The average Bonchev–Trinajstić information content (AvgIpc) is 2.64.